The zero-order valence-electron chi connectivity index (χ0n) is 20.0. The van der Waals surface area contributed by atoms with Gasteiger partial charge in [0.15, 0.2) is 5.69 Å². The van der Waals surface area contributed by atoms with Gasteiger partial charge in [0.2, 0.25) is 10.0 Å². The van der Waals surface area contributed by atoms with Crippen LogP contribution in [0.3, 0.4) is 0 Å². The molecule has 0 radical (unpaired) electrons. The fourth-order valence-corrected chi connectivity index (χ4v) is 5.01. The van der Waals surface area contributed by atoms with Gasteiger partial charge in [0, 0.05) is 22.4 Å². The number of anilines is 1. The second kappa shape index (κ2) is 9.36. The standard InChI is InChI=1S/C26H20F3N5O4S/c27-26(28,29)16-5-1-15(2-6-16)25(36)32-17-7-3-14-4-12-20-22(24(30)35)33-34(23(20)21(14)13-17)18-8-10-19(11-9-18)39(31,37)38/h1-3,5-11,13H,4,12H2,(H2,30,35)(H,32,36)(H2,31,37,38). The Morgan fingerprint density at radius 1 is 0.949 bits per heavy atom. The van der Waals surface area contributed by atoms with Crippen LogP contribution >= 0.6 is 0 Å². The number of carbonyl (C=O) groups excluding carboxylic acids is 2. The van der Waals surface area contributed by atoms with Crippen LogP contribution in [0.15, 0.2) is 71.6 Å². The maximum absolute atomic E-state index is 12.9. The van der Waals surface area contributed by atoms with Crippen molar-refractivity contribution in [1.29, 1.82) is 0 Å². The Morgan fingerprint density at radius 3 is 2.21 bits per heavy atom. The summed E-state index contributed by atoms with van der Waals surface area (Å²) in [5.74, 6) is -1.34. The maximum atomic E-state index is 12.9. The number of aryl methyl sites for hydroxylation is 1. The first kappa shape index (κ1) is 26.1. The van der Waals surface area contributed by atoms with Crippen LogP contribution in [0.25, 0.3) is 16.9 Å². The smallest absolute Gasteiger partial charge is 0.364 e. The van der Waals surface area contributed by atoms with Crippen molar-refractivity contribution in [3.8, 4) is 16.9 Å². The lowest BCUT2D eigenvalue weighted by Gasteiger charge is -2.20. The highest BCUT2D eigenvalue weighted by Gasteiger charge is 2.31. The highest BCUT2D eigenvalue weighted by atomic mass is 32.2. The Labute approximate surface area is 220 Å². The Balaban J connectivity index is 1.54. The number of nitrogens with one attached hydrogen (secondary N) is 1. The number of rotatable bonds is 5. The van der Waals surface area contributed by atoms with Crippen molar-refractivity contribution in [2.45, 2.75) is 23.9 Å². The van der Waals surface area contributed by atoms with E-state index in [0.717, 1.165) is 29.8 Å². The van der Waals surface area contributed by atoms with Gasteiger partial charge in [-0.3, -0.25) is 9.59 Å². The number of alkyl halides is 3. The largest absolute Gasteiger partial charge is 0.416 e. The summed E-state index contributed by atoms with van der Waals surface area (Å²) in [5.41, 5.74) is 8.31. The summed E-state index contributed by atoms with van der Waals surface area (Å²) in [4.78, 5) is 24.8. The number of nitrogens with zero attached hydrogens (tertiary/aromatic N) is 2. The van der Waals surface area contributed by atoms with Crippen LogP contribution in [0.2, 0.25) is 0 Å². The quantitative estimate of drug-likeness (QED) is 0.344. The number of benzene rings is 3. The number of amides is 2. The number of hydrogen-bond acceptors (Lipinski definition) is 5. The van der Waals surface area contributed by atoms with Crippen LogP contribution in [0.1, 0.15) is 37.5 Å². The molecule has 0 unspecified atom stereocenters. The zero-order chi connectivity index (χ0) is 28.1. The zero-order valence-corrected chi connectivity index (χ0v) is 20.8. The van der Waals surface area contributed by atoms with Gasteiger partial charge in [0.1, 0.15) is 0 Å². The fraction of sp³-hybridized carbons (Fsp3) is 0.115. The van der Waals surface area contributed by atoms with Gasteiger partial charge in [-0.05, 0) is 79.1 Å². The van der Waals surface area contributed by atoms with E-state index in [-0.39, 0.29) is 16.2 Å². The molecule has 0 fully saturated rings. The SMILES string of the molecule is NC(=O)c1nn(-c2ccc(S(N)(=O)=O)cc2)c2c1CCc1ccc(NC(=O)c3ccc(C(F)(F)F)cc3)cc1-2. The monoisotopic (exact) mass is 555 g/mol. The van der Waals surface area contributed by atoms with E-state index in [9.17, 15) is 31.2 Å². The lowest BCUT2D eigenvalue weighted by Crippen LogP contribution is -2.16. The normalized spacial score (nSPS) is 12.9. The molecule has 39 heavy (non-hydrogen) atoms. The topological polar surface area (TPSA) is 150 Å². The summed E-state index contributed by atoms with van der Waals surface area (Å²) in [7, 11) is -3.93. The Hall–Kier alpha value is -4.49. The van der Waals surface area contributed by atoms with Crippen LogP contribution in [-0.4, -0.2) is 30.0 Å². The molecule has 0 aliphatic heterocycles. The van der Waals surface area contributed by atoms with Crippen LogP contribution < -0.4 is 16.2 Å². The van der Waals surface area contributed by atoms with Gasteiger partial charge in [-0.2, -0.15) is 18.3 Å². The van der Waals surface area contributed by atoms with Crippen LogP contribution in [0.4, 0.5) is 18.9 Å². The van der Waals surface area contributed by atoms with Gasteiger partial charge in [-0.15, -0.1) is 0 Å². The van der Waals surface area contributed by atoms with Crippen molar-refractivity contribution in [2.24, 2.45) is 10.9 Å². The summed E-state index contributed by atoms with van der Waals surface area (Å²) < 4.78 is 63.4. The summed E-state index contributed by atoms with van der Waals surface area (Å²) in [6.07, 6.45) is -3.49. The van der Waals surface area contributed by atoms with Crippen molar-refractivity contribution in [3.05, 3.63) is 94.7 Å². The molecule has 200 valence electrons. The number of fused-ring (bicyclic) bond motifs is 3. The molecule has 13 heteroatoms. The van der Waals surface area contributed by atoms with E-state index >= 15 is 0 Å². The third-order valence-electron chi connectivity index (χ3n) is 6.37. The Bertz CT molecular complexity index is 1730. The van der Waals surface area contributed by atoms with Crippen LogP contribution in [-0.2, 0) is 29.0 Å². The molecule has 0 spiro atoms. The average molecular weight is 556 g/mol. The van der Waals surface area contributed by atoms with E-state index in [1.54, 1.807) is 18.2 Å². The second-order valence-corrected chi connectivity index (χ2v) is 10.5. The predicted molar refractivity (Wildman–Crippen MR) is 136 cm³/mol. The summed E-state index contributed by atoms with van der Waals surface area (Å²) in [6, 6.07) is 14.6. The number of aromatic nitrogens is 2. The molecule has 0 saturated heterocycles. The lowest BCUT2D eigenvalue weighted by atomic mass is 9.88. The number of nitrogens with two attached hydrogens (primary N) is 2. The Morgan fingerprint density at radius 2 is 1.62 bits per heavy atom. The molecule has 1 aliphatic rings. The number of halogens is 3. The Kier molecular flexibility index (Phi) is 6.27. The number of hydrogen-bond donors (Lipinski definition) is 3. The van der Waals surface area contributed by atoms with E-state index in [4.69, 9.17) is 10.9 Å². The van der Waals surface area contributed by atoms with Gasteiger partial charge in [-0.1, -0.05) is 6.07 Å². The van der Waals surface area contributed by atoms with Gasteiger partial charge in [-0.25, -0.2) is 18.2 Å². The van der Waals surface area contributed by atoms with Gasteiger partial charge in [0.25, 0.3) is 11.8 Å². The molecule has 1 heterocycles. The first-order chi connectivity index (χ1) is 18.3. The number of sulfonamides is 1. The van der Waals surface area contributed by atoms with Gasteiger partial charge < -0.3 is 11.1 Å². The van der Waals surface area contributed by atoms with E-state index in [2.05, 4.69) is 10.4 Å². The van der Waals surface area contributed by atoms with Crippen molar-refractivity contribution >= 4 is 27.5 Å². The lowest BCUT2D eigenvalue weighted by molar-refractivity contribution is -0.137. The molecule has 5 N–H and O–H groups in total. The van der Waals surface area contributed by atoms with Crippen molar-refractivity contribution < 1.29 is 31.2 Å². The third kappa shape index (κ3) is 5.01. The fourth-order valence-electron chi connectivity index (χ4n) is 4.49. The van der Waals surface area contributed by atoms with Gasteiger partial charge in [0.05, 0.1) is 21.8 Å². The molecule has 1 aliphatic carbocycles. The first-order valence-electron chi connectivity index (χ1n) is 11.5. The molecule has 0 bridgehead atoms. The predicted octanol–water partition coefficient (Wildman–Crippen LogP) is 3.66. The van der Waals surface area contributed by atoms with Crippen molar-refractivity contribution in [1.82, 2.24) is 9.78 Å². The van der Waals surface area contributed by atoms with Crippen molar-refractivity contribution in [3.63, 3.8) is 0 Å². The molecule has 0 saturated carbocycles. The first-order valence-corrected chi connectivity index (χ1v) is 13.0. The number of primary amides is 1. The summed E-state index contributed by atoms with van der Waals surface area (Å²) >= 11 is 0. The molecule has 9 nitrogen and oxygen atoms in total. The number of carbonyl (C=O) groups is 2. The average Bonchev–Trinajstić information content (AvgIpc) is 3.28. The molecule has 3 aromatic carbocycles. The summed E-state index contributed by atoms with van der Waals surface area (Å²) in [6.45, 7) is 0. The van der Waals surface area contributed by atoms with Crippen molar-refractivity contribution in [2.75, 3.05) is 5.32 Å². The van der Waals surface area contributed by atoms with E-state index in [0.29, 0.717) is 41.0 Å². The van der Waals surface area contributed by atoms with Crippen LogP contribution in [0.5, 0.6) is 0 Å². The molecular weight excluding hydrogens is 535 g/mol. The molecule has 1 aromatic heterocycles. The van der Waals surface area contributed by atoms with Crippen LogP contribution in [0, 0.1) is 0 Å². The van der Waals surface area contributed by atoms with Gasteiger partial charge >= 0.3 is 6.18 Å². The van der Waals surface area contributed by atoms with E-state index in [1.807, 2.05) is 0 Å². The minimum Gasteiger partial charge on any atom is -0.364 e. The molecule has 2 amide bonds. The van der Waals surface area contributed by atoms with E-state index < -0.39 is 33.6 Å². The molecule has 5 rings (SSSR count). The third-order valence-corrected chi connectivity index (χ3v) is 7.30. The minimum absolute atomic E-state index is 0.0393. The number of primary sulfonamides is 1. The highest BCUT2D eigenvalue weighted by Crippen LogP contribution is 2.38. The minimum atomic E-state index is -4.52. The van der Waals surface area contributed by atoms with E-state index in [1.165, 1.54) is 28.9 Å². The molecule has 4 aromatic rings. The molecule has 0 atom stereocenters. The highest BCUT2D eigenvalue weighted by molar-refractivity contribution is 7.89. The second-order valence-electron chi connectivity index (χ2n) is 8.89. The summed E-state index contributed by atoms with van der Waals surface area (Å²) in [5, 5.41) is 12.3. The molecular formula is C26H20F3N5O4S. The maximum Gasteiger partial charge on any atom is 0.416 e.